The van der Waals surface area contributed by atoms with Gasteiger partial charge in [0, 0.05) is 23.6 Å². The molecule has 5 heteroatoms. The molecule has 1 aromatic rings. The molecule has 0 saturated heterocycles. The number of anilines is 1. The molecule has 0 bridgehead atoms. The number of carbonyl (C=O) groups is 1. The number of nitrogens with one attached hydrogen (secondary N) is 1. The predicted molar refractivity (Wildman–Crippen MR) is 73.0 cm³/mol. The average molecular weight is 311 g/mol. The Kier molecular flexibility index (Phi) is 3.26. The summed E-state index contributed by atoms with van der Waals surface area (Å²) in [4.78, 5) is 13.7. The van der Waals surface area contributed by atoms with E-state index >= 15 is 0 Å². The van der Waals surface area contributed by atoms with E-state index in [9.17, 15) is 4.79 Å². The molecule has 1 N–H and O–H groups in total. The SMILES string of the molecule is O=C1COc2ccc(Br)cc2N1CCNC1CC1. The van der Waals surface area contributed by atoms with Crippen molar-refractivity contribution < 1.29 is 9.53 Å². The van der Waals surface area contributed by atoms with Crippen molar-refractivity contribution in [2.24, 2.45) is 0 Å². The van der Waals surface area contributed by atoms with E-state index in [-0.39, 0.29) is 12.5 Å². The molecule has 96 valence electrons. The van der Waals surface area contributed by atoms with Crippen molar-refractivity contribution in [3.05, 3.63) is 22.7 Å². The number of fused-ring (bicyclic) bond motifs is 1. The Hall–Kier alpha value is -1.07. The van der Waals surface area contributed by atoms with E-state index in [4.69, 9.17) is 4.74 Å². The number of amides is 1. The number of benzene rings is 1. The Morgan fingerprint density at radius 1 is 1.44 bits per heavy atom. The normalized spacial score (nSPS) is 18.5. The maximum Gasteiger partial charge on any atom is 0.265 e. The number of halogens is 1. The molecule has 1 aromatic carbocycles. The zero-order chi connectivity index (χ0) is 12.5. The largest absolute Gasteiger partial charge is 0.482 e. The van der Waals surface area contributed by atoms with Crippen LogP contribution in [0.15, 0.2) is 22.7 Å². The van der Waals surface area contributed by atoms with Gasteiger partial charge in [0.15, 0.2) is 6.61 Å². The fraction of sp³-hybridized carbons (Fsp3) is 0.462. The highest BCUT2D eigenvalue weighted by Crippen LogP contribution is 2.34. The minimum atomic E-state index is 0.0261. The highest BCUT2D eigenvalue weighted by molar-refractivity contribution is 9.10. The molecule has 2 aliphatic rings. The maximum atomic E-state index is 11.9. The van der Waals surface area contributed by atoms with Gasteiger partial charge in [-0.1, -0.05) is 15.9 Å². The van der Waals surface area contributed by atoms with Crippen LogP contribution in [-0.4, -0.2) is 31.6 Å². The monoisotopic (exact) mass is 310 g/mol. The number of rotatable bonds is 4. The molecule has 1 amide bonds. The van der Waals surface area contributed by atoms with Gasteiger partial charge in [-0.25, -0.2) is 0 Å². The minimum Gasteiger partial charge on any atom is -0.482 e. The van der Waals surface area contributed by atoms with Gasteiger partial charge in [0.2, 0.25) is 0 Å². The quantitative estimate of drug-likeness (QED) is 0.924. The second kappa shape index (κ2) is 4.90. The van der Waals surface area contributed by atoms with Gasteiger partial charge in [-0.3, -0.25) is 4.79 Å². The molecular weight excluding hydrogens is 296 g/mol. The summed E-state index contributed by atoms with van der Waals surface area (Å²) in [6, 6.07) is 6.43. The summed E-state index contributed by atoms with van der Waals surface area (Å²) in [6.45, 7) is 1.67. The molecule has 1 heterocycles. The van der Waals surface area contributed by atoms with Gasteiger partial charge >= 0.3 is 0 Å². The third-order valence-electron chi connectivity index (χ3n) is 3.21. The smallest absolute Gasteiger partial charge is 0.265 e. The van der Waals surface area contributed by atoms with E-state index in [2.05, 4.69) is 21.2 Å². The van der Waals surface area contributed by atoms with Crippen LogP contribution >= 0.6 is 15.9 Å². The van der Waals surface area contributed by atoms with Crippen LogP contribution in [0.4, 0.5) is 5.69 Å². The van der Waals surface area contributed by atoms with E-state index in [1.165, 1.54) is 12.8 Å². The molecule has 0 radical (unpaired) electrons. The third kappa shape index (κ3) is 2.52. The maximum absolute atomic E-state index is 11.9. The highest BCUT2D eigenvalue weighted by Gasteiger charge is 2.26. The van der Waals surface area contributed by atoms with Crippen molar-refractivity contribution in [3.8, 4) is 5.75 Å². The van der Waals surface area contributed by atoms with E-state index in [1.807, 2.05) is 18.2 Å². The Labute approximate surface area is 114 Å². The van der Waals surface area contributed by atoms with Crippen LogP contribution < -0.4 is 15.0 Å². The van der Waals surface area contributed by atoms with Crippen molar-refractivity contribution in [1.29, 1.82) is 0 Å². The first-order valence-electron chi connectivity index (χ1n) is 6.20. The molecule has 1 saturated carbocycles. The van der Waals surface area contributed by atoms with Gasteiger partial charge in [-0.05, 0) is 31.0 Å². The molecule has 0 aromatic heterocycles. The first-order chi connectivity index (χ1) is 8.74. The number of hydrogen-bond donors (Lipinski definition) is 1. The summed E-state index contributed by atoms with van der Waals surface area (Å²) in [5.41, 5.74) is 0.859. The van der Waals surface area contributed by atoms with Crippen LogP contribution in [0.25, 0.3) is 0 Å². The third-order valence-corrected chi connectivity index (χ3v) is 3.70. The number of hydrogen-bond acceptors (Lipinski definition) is 3. The summed E-state index contributed by atoms with van der Waals surface area (Å²) in [6.07, 6.45) is 2.53. The van der Waals surface area contributed by atoms with Crippen LogP contribution in [0.1, 0.15) is 12.8 Å². The fourth-order valence-corrected chi connectivity index (χ4v) is 2.44. The van der Waals surface area contributed by atoms with E-state index in [1.54, 1.807) is 4.90 Å². The summed E-state index contributed by atoms with van der Waals surface area (Å²) < 4.78 is 6.39. The molecule has 0 unspecified atom stereocenters. The Bertz CT molecular complexity index is 474. The van der Waals surface area contributed by atoms with Crippen LogP contribution in [0.5, 0.6) is 5.75 Å². The Morgan fingerprint density at radius 3 is 3.06 bits per heavy atom. The van der Waals surface area contributed by atoms with Gasteiger partial charge in [0.1, 0.15) is 5.75 Å². The fourth-order valence-electron chi connectivity index (χ4n) is 2.09. The molecular formula is C13H15BrN2O2. The van der Waals surface area contributed by atoms with Gasteiger partial charge in [0.05, 0.1) is 5.69 Å². The molecule has 3 rings (SSSR count). The summed E-state index contributed by atoms with van der Waals surface area (Å²) in [7, 11) is 0. The zero-order valence-corrected chi connectivity index (χ0v) is 11.6. The summed E-state index contributed by atoms with van der Waals surface area (Å²) in [5, 5.41) is 3.42. The number of carbonyl (C=O) groups excluding carboxylic acids is 1. The topological polar surface area (TPSA) is 41.6 Å². The van der Waals surface area contributed by atoms with Crippen molar-refractivity contribution in [3.63, 3.8) is 0 Å². The summed E-state index contributed by atoms with van der Waals surface area (Å²) >= 11 is 3.43. The minimum absolute atomic E-state index is 0.0261. The molecule has 4 nitrogen and oxygen atoms in total. The van der Waals surface area contributed by atoms with Crippen molar-refractivity contribution in [1.82, 2.24) is 5.32 Å². The number of nitrogens with zero attached hydrogens (tertiary/aromatic N) is 1. The van der Waals surface area contributed by atoms with Crippen LogP contribution in [-0.2, 0) is 4.79 Å². The first-order valence-corrected chi connectivity index (χ1v) is 6.99. The lowest BCUT2D eigenvalue weighted by Crippen LogP contribution is -2.42. The average Bonchev–Trinajstić information content (AvgIpc) is 3.16. The molecule has 18 heavy (non-hydrogen) atoms. The van der Waals surface area contributed by atoms with E-state index < -0.39 is 0 Å². The van der Waals surface area contributed by atoms with Crippen LogP contribution in [0, 0.1) is 0 Å². The van der Waals surface area contributed by atoms with Crippen molar-refractivity contribution in [2.45, 2.75) is 18.9 Å². The lowest BCUT2D eigenvalue weighted by Gasteiger charge is -2.29. The molecule has 1 fully saturated rings. The second-order valence-corrected chi connectivity index (χ2v) is 5.59. The second-order valence-electron chi connectivity index (χ2n) is 4.67. The van der Waals surface area contributed by atoms with Gasteiger partial charge in [-0.15, -0.1) is 0 Å². The number of ether oxygens (including phenoxy) is 1. The van der Waals surface area contributed by atoms with Crippen molar-refractivity contribution >= 4 is 27.5 Å². The molecule has 0 atom stereocenters. The first kappa shape index (κ1) is 12.0. The van der Waals surface area contributed by atoms with E-state index in [0.29, 0.717) is 12.6 Å². The predicted octanol–water partition coefficient (Wildman–Crippen LogP) is 1.93. The van der Waals surface area contributed by atoms with E-state index in [0.717, 1.165) is 22.5 Å². The zero-order valence-electron chi connectivity index (χ0n) is 9.99. The highest BCUT2D eigenvalue weighted by atomic mass is 79.9. The van der Waals surface area contributed by atoms with Crippen LogP contribution in [0.2, 0.25) is 0 Å². The van der Waals surface area contributed by atoms with Gasteiger partial charge < -0.3 is 15.0 Å². The lowest BCUT2D eigenvalue weighted by atomic mass is 10.2. The standard InChI is InChI=1S/C13H15BrN2O2/c14-9-1-4-12-11(7-9)16(13(17)8-18-12)6-5-15-10-2-3-10/h1,4,7,10,15H,2-3,5-6,8H2. The lowest BCUT2D eigenvalue weighted by molar-refractivity contribution is -0.121. The molecule has 1 aliphatic heterocycles. The summed E-state index contributed by atoms with van der Waals surface area (Å²) in [5.74, 6) is 0.808. The Morgan fingerprint density at radius 2 is 2.28 bits per heavy atom. The van der Waals surface area contributed by atoms with Gasteiger partial charge in [0.25, 0.3) is 5.91 Å². The van der Waals surface area contributed by atoms with Gasteiger partial charge in [-0.2, -0.15) is 0 Å². The van der Waals surface area contributed by atoms with Crippen molar-refractivity contribution in [2.75, 3.05) is 24.6 Å². The molecule has 0 spiro atoms. The Balaban J connectivity index is 1.74. The molecule has 1 aliphatic carbocycles. The van der Waals surface area contributed by atoms with Crippen LogP contribution in [0.3, 0.4) is 0 Å².